The molecule has 2 N–H and O–H groups in total. The van der Waals surface area contributed by atoms with Crippen molar-refractivity contribution < 1.29 is 23.5 Å². The van der Waals surface area contributed by atoms with Crippen molar-refractivity contribution in [3.8, 4) is 0 Å². The molecule has 0 aliphatic carbocycles. The van der Waals surface area contributed by atoms with Gasteiger partial charge in [-0.3, -0.25) is 9.59 Å². The molecule has 1 rings (SSSR count). The molecule has 0 saturated carbocycles. The minimum atomic E-state index is -1.03. The van der Waals surface area contributed by atoms with Crippen molar-refractivity contribution in [2.24, 2.45) is 0 Å². The van der Waals surface area contributed by atoms with Crippen molar-refractivity contribution in [3.05, 3.63) is 29.8 Å². The van der Waals surface area contributed by atoms with Crippen LogP contribution in [0.4, 0.5) is 14.5 Å². The molecule has 0 aliphatic heterocycles. The van der Waals surface area contributed by atoms with Crippen LogP contribution < -0.4 is 5.32 Å². The number of hydrogen-bond acceptors (Lipinski definition) is 3. The monoisotopic (exact) mass is 261 g/mol. The Morgan fingerprint density at radius 1 is 1.18 bits per heavy atom. The SMILES string of the molecule is O=C(O)CSCC(=O)Nc1cc(F)cc(F)c1. The van der Waals surface area contributed by atoms with Gasteiger partial charge in [-0.05, 0) is 12.1 Å². The molecule has 0 radical (unpaired) electrons. The van der Waals surface area contributed by atoms with Crippen molar-refractivity contribution in [1.29, 1.82) is 0 Å². The Balaban J connectivity index is 2.47. The number of benzene rings is 1. The summed E-state index contributed by atoms with van der Waals surface area (Å²) in [7, 11) is 0. The minimum Gasteiger partial charge on any atom is -0.481 e. The highest BCUT2D eigenvalue weighted by molar-refractivity contribution is 8.00. The predicted octanol–water partition coefficient (Wildman–Crippen LogP) is 1.72. The summed E-state index contributed by atoms with van der Waals surface area (Å²) in [5.74, 6) is -3.42. The van der Waals surface area contributed by atoms with Gasteiger partial charge in [-0.15, -0.1) is 11.8 Å². The average molecular weight is 261 g/mol. The van der Waals surface area contributed by atoms with E-state index < -0.39 is 23.5 Å². The van der Waals surface area contributed by atoms with Crippen LogP contribution in [0.5, 0.6) is 0 Å². The number of thioether (sulfide) groups is 1. The highest BCUT2D eigenvalue weighted by Gasteiger charge is 2.06. The smallest absolute Gasteiger partial charge is 0.313 e. The standard InChI is InChI=1S/C10H9F2NO3S/c11-6-1-7(12)3-8(2-6)13-9(14)4-17-5-10(15)16/h1-3H,4-5H2,(H,13,14)(H,15,16). The van der Waals surface area contributed by atoms with Crippen molar-refractivity contribution >= 4 is 29.3 Å². The number of carbonyl (C=O) groups excluding carboxylic acids is 1. The molecule has 0 spiro atoms. The lowest BCUT2D eigenvalue weighted by atomic mass is 10.3. The van der Waals surface area contributed by atoms with E-state index in [0.29, 0.717) is 6.07 Å². The Hall–Kier alpha value is -1.63. The largest absolute Gasteiger partial charge is 0.481 e. The van der Waals surface area contributed by atoms with Gasteiger partial charge in [-0.2, -0.15) is 0 Å². The van der Waals surface area contributed by atoms with Crippen LogP contribution in [-0.2, 0) is 9.59 Å². The second kappa shape index (κ2) is 6.19. The van der Waals surface area contributed by atoms with Gasteiger partial charge in [0.2, 0.25) is 5.91 Å². The first-order valence-electron chi connectivity index (χ1n) is 4.53. The Bertz CT molecular complexity index is 419. The van der Waals surface area contributed by atoms with Crippen molar-refractivity contribution in [2.75, 3.05) is 16.8 Å². The molecule has 1 amide bonds. The van der Waals surface area contributed by atoms with E-state index >= 15 is 0 Å². The molecule has 1 aromatic carbocycles. The fourth-order valence-electron chi connectivity index (χ4n) is 1.05. The molecule has 0 aliphatic rings. The zero-order chi connectivity index (χ0) is 12.8. The number of halogens is 2. The van der Waals surface area contributed by atoms with Gasteiger partial charge in [0.05, 0.1) is 11.5 Å². The van der Waals surface area contributed by atoms with E-state index in [4.69, 9.17) is 5.11 Å². The van der Waals surface area contributed by atoms with Gasteiger partial charge < -0.3 is 10.4 Å². The maximum atomic E-state index is 12.8. The molecular formula is C10H9F2NO3S. The summed E-state index contributed by atoms with van der Waals surface area (Å²) in [4.78, 5) is 21.4. The predicted molar refractivity (Wildman–Crippen MR) is 59.9 cm³/mol. The lowest BCUT2D eigenvalue weighted by Gasteiger charge is -2.04. The fourth-order valence-corrected chi connectivity index (χ4v) is 1.59. The van der Waals surface area contributed by atoms with Crippen LogP contribution in [0.1, 0.15) is 0 Å². The Morgan fingerprint density at radius 2 is 1.76 bits per heavy atom. The summed E-state index contributed by atoms with van der Waals surface area (Å²) in [5.41, 5.74) is 0.00317. The molecular weight excluding hydrogens is 252 g/mol. The van der Waals surface area contributed by atoms with Crippen molar-refractivity contribution in [3.63, 3.8) is 0 Å². The van der Waals surface area contributed by atoms with E-state index in [1.54, 1.807) is 0 Å². The molecule has 1 aromatic rings. The van der Waals surface area contributed by atoms with Gasteiger partial charge in [0.25, 0.3) is 0 Å². The lowest BCUT2D eigenvalue weighted by molar-refractivity contribution is -0.133. The third kappa shape index (κ3) is 5.30. The summed E-state index contributed by atoms with van der Waals surface area (Å²) < 4.78 is 25.5. The van der Waals surface area contributed by atoms with Crippen LogP contribution in [0.3, 0.4) is 0 Å². The first-order valence-corrected chi connectivity index (χ1v) is 5.68. The number of nitrogens with one attached hydrogen (secondary N) is 1. The molecule has 0 atom stereocenters. The number of amides is 1. The number of carboxylic acid groups (broad SMARTS) is 1. The molecule has 0 fully saturated rings. The second-order valence-electron chi connectivity index (χ2n) is 3.09. The highest BCUT2D eigenvalue weighted by atomic mass is 32.2. The molecule has 0 heterocycles. The average Bonchev–Trinajstić information content (AvgIpc) is 2.14. The quantitative estimate of drug-likeness (QED) is 0.847. The van der Waals surface area contributed by atoms with Crippen LogP contribution in [0.25, 0.3) is 0 Å². The number of hydrogen-bond donors (Lipinski definition) is 2. The Kier molecular flexibility index (Phi) is 4.89. The van der Waals surface area contributed by atoms with Gasteiger partial charge in [0.1, 0.15) is 11.6 Å². The normalized spacial score (nSPS) is 10.0. The van der Waals surface area contributed by atoms with E-state index in [9.17, 15) is 18.4 Å². The first-order chi connectivity index (χ1) is 7.97. The van der Waals surface area contributed by atoms with Crippen LogP contribution in [0, 0.1) is 11.6 Å². The number of carboxylic acids is 1. The van der Waals surface area contributed by atoms with Gasteiger partial charge in [-0.1, -0.05) is 0 Å². The summed E-state index contributed by atoms with van der Waals surface area (Å²) in [6.45, 7) is 0. The van der Waals surface area contributed by atoms with E-state index in [2.05, 4.69) is 5.32 Å². The molecule has 0 unspecified atom stereocenters. The van der Waals surface area contributed by atoms with Gasteiger partial charge >= 0.3 is 5.97 Å². The molecule has 17 heavy (non-hydrogen) atoms. The number of carbonyl (C=O) groups is 2. The summed E-state index contributed by atoms with van der Waals surface area (Å²) in [5, 5.41) is 10.6. The Labute approximate surface area is 100 Å². The van der Waals surface area contributed by atoms with E-state index in [0.717, 1.165) is 23.9 Å². The van der Waals surface area contributed by atoms with Gasteiger partial charge in [0.15, 0.2) is 0 Å². The van der Waals surface area contributed by atoms with Crippen LogP contribution >= 0.6 is 11.8 Å². The molecule has 0 bridgehead atoms. The highest BCUT2D eigenvalue weighted by Crippen LogP contribution is 2.13. The summed E-state index contributed by atoms with van der Waals surface area (Å²) >= 11 is 0.898. The summed E-state index contributed by atoms with van der Waals surface area (Å²) in [6, 6.07) is 2.64. The van der Waals surface area contributed by atoms with E-state index in [1.165, 1.54) is 0 Å². The van der Waals surface area contributed by atoms with Crippen LogP contribution in [0.2, 0.25) is 0 Å². The van der Waals surface area contributed by atoms with E-state index in [-0.39, 0.29) is 17.2 Å². The number of anilines is 1. The topological polar surface area (TPSA) is 66.4 Å². The maximum absolute atomic E-state index is 12.8. The molecule has 7 heteroatoms. The van der Waals surface area contributed by atoms with Crippen molar-refractivity contribution in [2.45, 2.75) is 0 Å². The third-order valence-corrected chi connectivity index (χ3v) is 2.52. The zero-order valence-corrected chi connectivity index (χ0v) is 9.39. The Morgan fingerprint density at radius 3 is 2.29 bits per heavy atom. The second-order valence-corrected chi connectivity index (χ2v) is 4.08. The molecule has 0 saturated heterocycles. The van der Waals surface area contributed by atoms with Crippen LogP contribution in [-0.4, -0.2) is 28.5 Å². The van der Waals surface area contributed by atoms with Gasteiger partial charge in [-0.25, -0.2) is 8.78 Å². The maximum Gasteiger partial charge on any atom is 0.313 e. The zero-order valence-electron chi connectivity index (χ0n) is 8.57. The number of aliphatic carboxylic acids is 1. The molecule has 92 valence electrons. The number of rotatable bonds is 5. The third-order valence-electron chi connectivity index (χ3n) is 1.61. The fraction of sp³-hybridized carbons (Fsp3) is 0.200. The van der Waals surface area contributed by atoms with Crippen LogP contribution in [0.15, 0.2) is 18.2 Å². The lowest BCUT2D eigenvalue weighted by Crippen LogP contribution is -2.15. The van der Waals surface area contributed by atoms with E-state index in [1.807, 2.05) is 0 Å². The minimum absolute atomic E-state index is 0.00317. The molecule has 4 nitrogen and oxygen atoms in total. The summed E-state index contributed by atoms with van der Waals surface area (Å²) in [6.07, 6.45) is 0. The van der Waals surface area contributed by atoms with Crippen molar-refractivity contribution in [1.82, 2.24) is 0 Å². The first kappa shape index (κ1) is 13.4. The van der Waals surface area contributed by atoms with Gasteiger partial charge in [0, 0.05) is 11.8 Å². The molecule has 0 aromatic heterocycles.